The number of aromatic amines is 1. The Bertz CT molecular complexity index is 1100. The molecule has 132 valence electrons. The predicted molar refractivity (Wildman–Crippen MR) is 83.8 cm³/mol. The monoisotopic (exact) mass is 420 g/mol. The van der Waals surface area contributed by atoms with Crippen molar-refractivity contribution in [2.24, 2.45) is 7.05 Å². The minimum Gasteiger partial charge on any atom is -0.308 e. The summed E-state index contributed by atoms with van der Waals surface area (Å²) < 4.78 is 54.5. The number of imidazole rings is 1. The molecule has 2 aromatic heterocycles. The summed E-state index contributed by atoms with van der Waals surface area (Å²) in [5.41, 5.74) is -2.61. The van der Waals surface area contributed by atoms with Gasteiger partial charge in [-0.2, -0.15) is 13.2 Å². The molecule has 0 unspecified atom stereocenters. The van der Waals surface area contributed by atoms with E-state index in [0.29, 0.717) is 12.1 Å². The summed E-state index contributed by atoms with van der Waals surface area (Å²) >= 11 is 3.12. The van der Waals surface area contributed by atoms with Crippen molar-refractivity contribution in [2.75, 3.05) is 0 Å². The first-order valence-electron chi connectivity index (χ1n) is 6.80. The number of fused-ring (bicyclic) bond motifs is 1. The number of benzene rings is 1. The molecule has 25 heavy (non-hydrogen) atoms. The quantitative estimate of drug-likeness (QED) is 0.511. The van der Waals surface area contributed by atoms with Gasteiger partial charge in [0.2, 0.25) is 0 Å². The van der Waals surface area contributed by atoms with Crippen LogP contribution in [0.4, 0.5) is 17.6 Å². The first-order chi connectivity index (χ1) is 11.6. The van der Waals surface area contributed by atoms with Crippen molar-refractivity contribution >= 4 is 27.1 Å². The highest BCUT2D eigenvalue weighted by Gasteiger charge is 2.34. The van der Waals surface area contributed by atoms with Crippen molar-refractivity contribution < 1.29 is 17.6 Å². The lowest BCUT2D eigenvalue weighted by atomic mass is 10.1. The molecule has 3 aromatic rings. The Morgan fingerprint density at radius 2 is 1.96 bits per heavy atom. The van der Waals surface area contributed by atoms with Gasteiger partial charge in [0, 0.05) is 7.05 Å². The Balaban J connectivity index is 2.17. The number of rotatable bonds is 2. The molecule has 3 rings (SSSR count). The molecular weight excluding hydrogens is 412 g/mol. The van der Waals surface area contributed by atoms with Crippen molar-refractivity contribution in [3.63, 3.8) is 0 Å². The van der Waals surface area contributed by atoms with Gasteiger partial charge in [-0.3, -0.25) is 14.3 Å². The van der Waals surface area contributed by atoms with Gasteiger partial charge in [-0.25, -0.2) is 14.2 Å². The molecule has 0 aliphatic rings. The number of H-pyrrole nitrogens is 1. The summed E-state index contributed by atoms with van der Waals surface area (Å²) in [7, 11) is 1.39. The van der Waals surface area contributed by atoms with Gasteiger partial charge in [0.15, 0.2) is 15.9 Å². The van der Waals surface area contributed by atoms with Crippen LogP contribution in [-0.4, -0.2) is 19.1 Å². The van der Waals surface area contributed by atoms with E-state index in [-0.39, 0.29) is 28.0 Å². The van der Waals surface area contributed by atoms with Gasteiger partial charge in [0.1, 0.15) is 5.82 Å². The lowest BCUT2D eigenvalue weighted by Crippen LogP contribution is -2.29. The van der Waals surface area contributed by atoms with Gasteiger partial charge in [0.05, 0.1) is 12.1 Å². The third-order valence-corrected chi connectivity index (χ3v) is 4.24. The molecule has 6 nitrogen and oxygen atoms in total. The highest BCUT2D eigenvalue weighted by atomic mass is 79.9. The second-order valence-corrected chi connectivity index (χ2v) is 5.98. The standard InChI is InChI=1S/C14H9BrF4N4O2/c1-22-10-9(11(24)21-13(22)25)23(12(15)20-10)5-6-2-3-8(16)7(4-6)14(17,18)19/h2-4H,5H2,1H3,(H,21,24,25). The number of alkyl halides is 3. The normalized spacial score (nSPS) is 12.1. The van der Waals surface area contributed by atoms with Crippen LogP contribution >= 0.6 is 15.9 Å². The van der Waals surface area contributed by atoms with Crippen LogP contribution in [0, 0.1) is 5.82 Å². The summed E-state index contributed by atoms with van der Waals surface area (Å²) in [4.78, 5) is 29.8. The molecule has 0 saturated heterocycles. The van der Waals surface area contributed by atoms with Crippen LogP contribution < -0.4 is 11.2 Å². The fourth-order valence-corrected chi connectivity index (χ4v) is 2.89. The maximum absolute atomic E-state index is 13.4. The number of halogens is 5. The average Bonchev–Trinajstić information content (AvgIpc) is 2.83. The van der Waals surface area contributed by atoms with Crippen LogP contribution in [0.2, 0.25) is 0 Å². The SMILES string of the molecule is Cn1c(=O)[nH]c(=O)c2c1nc(Br)n2Cc1ccc(F)c(C(F)(F)F)c1. The fourth-order valence-electron chi connectivity index (χ4n) is 2.42. The topological polar surface area (TPSA) is 72.7 Å². The van der Waals surface area contributed by atoms with Gasteiger partial charge >= 0.3 is 11.9 Å². The zero-order valence-corrected chi connectivity index (χ0v) is 14.1. The van der Waals surface area contributed by atoms with Crippen molar-refractivity contribution in [2.45, 2.75) is 12.7 Å². The third kappa shape index (κ3) is 2.99. The highest BCUT2D eigenvalue weighted by Crippen LogP contribution is 2.32. The molecule has 2 heterocycles. The predicted octanol–water partition coefficient (Wildman–Crippen LogP) is 2.39. The number of nitrogens with zero attached hydrogens (tertiary/aromatic N) is 3. The minimum atomic E-state index is -4.84. The van der Waals surface area contributed by atoms with E-state index in [4.69, 9.17) is 0 Å². The average molecular weight is 421 g/mol. The van der Waals surface area contributed by atoms with Gasteiger partial charge in [-0.15, -0.1) is 0 Å². The molecule has 0 saturated carbocycles. The van der Waals surface area contributed by atoms with E-state index in [9.17, 15) is 27.2 Å². The van der Waals surface area contributed by atoms with E-state index in [1.165, 1.54) is 17.7 Å². The molecule has 0 atom stereocenters. The lowest BCUT2D eigenvalue weighted by molar-refractivity contribution is -0.140. The molecule has 0 amide bonds. The van der Waals surface area contributed by atoms with Crippen LogP contribution in [-0.2, 0) is 19.8 Å². The number of hydrogen-bond donors (Lipinski definition) is 1. The maximum Gasteiger partial charge on any atom is 0.419 e. The smallest absolute Gasteiger partial charge is 0.308 e. The van der Waals surface area contributed by atoms with Crippen LogP contribution in [0.15, 0.2) is 32.5 Å². The zero-order chi connectivity index (χ0) is 18.5. The summed E-state index contributed by atoms with van der Waals surface area (Å²) in [6.45, 7) is -0.179. The molecule has 0 fully saturated rings. The molecule has 0 radical (unpaired) electrons. The molecular formula is C14H9BrF4N4O2. The molecule has 1 N–H and O–H groups in total. The summed E-state index contributed by atoms with van der Waals surface area (Å²) in [6.07, 6.45) is -4.84. The Labute approximate surface area is 144 Å². The Kier molecular flexibility index (Phi) is 4.06. The molecule has 11 heteroatoms. The first kappa shape index (κ1) is 17.4. The van der Waals surface area contributed by atoms with Crippen molar-refractivity contribution in [3.8, 4) is 0 Å². The van der Waals surface area contributed by atoms with E-state index in [1.54, 1.807) is 0 Å². The Morgan fingerprint density at radius 3 is 2.60 bits per heavy atom. The summed E-state index contributed by atoms with van der Waals surface area (Å²) in [5.74, 6) is -1.38. The Hall–Kier alpha value is -2.43. The van der Waals surface area contributed by atoms with E-state index in [0.717, 1.165) is 4.57 Å². The van der Waals surface area contributed by atoms with Crippen molar-refractivity contribution in [1.29, 1.82) is 0 Å². The molecule has 0 bridgehead atoms. The van der Waals surface area contributed by atoms with E-state index in [2.05, 4.69) is 25.9 Å². The van der Waals surface area contributed by atoms with Gasteiger partial charge < -0.3 is 4.57 Å². The minimum absolute atomic E-state index is 0.00635. The second-order valence-electron chi connectivity index (χ2n) is 5.27. The van der Waals surface area contributed by atoms with Crippen molar-refractivity contribution in [1.82, 2.24) is 19.1 Å². The molecule has 0 aliphatic heterocycles. The maximum atomic E-state index is 13.4. The van der Waals surface area contributed by atoms with Crippen LogP contribution in [0.1, 0.15) is 11.1 Å². The van der Waals surface area contributed by atoms with Crippen LogP contribution in [0.25, 0.3) is 11.2 Å². The highest BCUT2D eigenvalue weighted by molar-refractivity contribution is 9.10. The Morgan fingerprint density at radius 1 is 1.28 bits per heavy atom. The van der Waals surface area contributed by atoms with Crippen LogP contribution in [0.3, 0.4) is 0 Å². The zero-order valence-electron chi connectivity index (χ0n) is 12.5. The molecule has 0 spiro atoms. The first-order valence-corrected chi connectivity index (χ1v) is 7.59. The lowest BCUT2D eigenvalue weighted by Gasteiger charge is -2.11. The largest absolute Gasteiger partial charge is 0.419 e. The number of hydrogen-bond acceptors (Lipinski definition) is 3. The van der Waals surface area contributed by atoms with Crippen LogP contribution in [0.5, 0.6) is 0 Å². The van der Waals surface area contributed by atoms with E-state index >= 15 is 0 Å². The van der Waals surface area contributed by atoms with Gasteiger partial charge in [-0.05, 0) is 33.6 Å². The fraction of sp³-hybridized carbons (Fsp3) is 0.214. The van der Waals surface area contributed by atoms with Gasteiger partial charge in [-0.1, -0.05) is 6.07 Å². The summed E-state index contributed by atoms with van der Waals surface area (Å²) in [5, 5.41) is 0. The molecule has 1 aromatic carbocycles. The summed E-state index contributed by atoms with van der Waals surface area (Å²) in [6, 6.07) is 2.56. The number of aromatic nitrogens is 4. The number of nitrogens with one attached hydrogen (secondary N) is 1. The molecule has 0 aliphatic carbocycles. The third-order valence-electron chi connectivity index (χ3n) is 3.64. The second kappa shape index (κ2) is 5.83. The van der Waals surface area contributed by atoms with Crippen molar-refractivity contribution in [3.05, 3.63) is 60.7 Å². The van der Waals surface area contributed by atoms with Gasteiger partial charge in [0.25, 0.3) is 5.56 Å². The van der Waals surface area contributed by atoms with E-state index < -0.39 is 28.8 Å². The van der Waals surface area contributed by atoms with E-state index in [1.807, 2.05) is 0 Å². The number of aryl methyl sites for hydroxylation is 1.